The van der Waals surface area contributed by atoms with Gasteiger partial charge >= 0.3 is 7.60 Å². The van der Waals surface area contributed by atoms with E-state index in [-0.39, 0.29) is 19.0 Å². The summed E-state index contributed by atoms with van der Waals surface area (Å²) in [5, 5.41) is 3.08. The molecule has 2 rings (SSSR count). The topological polar surface area (TPSA) is 60.5 Å². The number of rotatable bonds is 8. The van der Waals surface area contributed by atoms with Gasteiger partial charge in [0.05, 0.1) is 13.2 Å². The second-order valence-corrected chi connectivity index (χ2v) is 6.80. The Kier molecular flexibility index (Phi) is 6.28. The molecule has 0 radical (unpaired) electrons. The number of halogens is 1. The predicted octanol–water partition coefficient (Wildman–Crippen LogP) is 4.60. The normalized spacial score (nSPS) is 12.8. The lowest BCUT2D eigenvalue weighted by molar-refractivity contribution is 0.214. The van der Waals surface area contributed by atoms with E-state index in [2.05, 4.69) is 10.3 Å². The van der Waals surface area contributed by atoms with Crippen LogP contribution in [0.15, 0.2) is 48.7 Å². The zero-order chi connectivity index (χ0) is 16.7. The van der Waals surface area contributed by atoms with Crippen molar-refractivity contribution < 1.29 is 18.0 Å². The molecule has 0 bridgehead atoms. The maximum absolute atomic E-state index is 13.2. The van der Waals surface area contributed by atoms with Crippen LogP contribution in [0.1, 0.15) is 25.2 Å². The lowest BCUT2D eigenvalue weighted by Crippen LogP contribution is -2.16. The van der Waals surface area contributed by atoms with E-state index in [1.807, 2.05) is 6.07 Å². The van der Waals surface area contributed by atoms with Crippen molar-refractivity contribution in [3.63, 3.8) is 0 Å². The highest BCUT2D eigenvalue weighted by molar-refractivity contribution is 7.54. The van der Waals surface area contributed by atoms with E-state index in [0.717, 1.165) is 0 Å². The molecule has 23 heavy (non-hydrogen) atoms. The molecule has 2 aromatic rings. The van der Waals surface area contributed by atoms with Gasteiger partial charge in [-0.1, -0.05) is 18.2 Å². The van der Waals surface area contributed by atoms with E-state index >= 15 is 0 Å². The summed E-state index contributed by atoms with van der Waals surface area (Å²) in [5.74, 6) is -0.618. The summed E-state index contributed by atoms with van der Waals surface area (Å²) in [6.07, 6.45) is 1.62. The summed E-state index contributed by atoms with van der Waals surface area (Å²) >= 11 is 0. The first-order valence-corrected chi connectivity index (χ1v) is 9.02. The Labute approximate surface area is 135 Å². The molecule has 0 aliphatic heterocycles. The van der Waals surface area contributed by atoms with Gasteiger partial charge in [0.15, 0.2) is 5.78 Å². The molecule has 5 nitrogen and oxygen atoms in total. The average molecular weight is 338 g/mol. The van der Waals surface area contributed by atoms with Crippen LogP contribution in [0.3, 0.4) is 0 Å². The van der Waals surface area contributed by atoms with E-state index in [4.69, 9.17) is 9.05 Å². The van der Waals surface area contributed by atoms with Gasteiger partial charge in [-0.3, -0.25) is 4.57 Å². The van der Waals surface area contributed by atoms with E-state index in [9.17, 15) is 8.96 Å². The Morgan fingerprint density at radius 3 is 2.30 bits per heavy atom. The molecule has 0 fully saturated rings. The third-order valence-corrected chi connectivity index (χ3v) is 5.37. The summed E-state index contributed by atoms with van der Waals surface area (Å²) in [6.45, 7) is 3.96. The monoisotopic (exact) mass is 338 g/mol. The molecule has 0 amide bonds. The van der Waals surface area contributed by atoms with Crippen LogP contribution in [0.25, 0.3) is 0 Å². The number of nitrogens with one attached hydrogen (secondary N) is 1. The largest absolute Gasteiger partial charge is 0.357 e. The SMILES string of the molecule is CCOP(=O)(OCC)[C@@H](Nc1ccccn1)c1ccc(F)cc1. The van der Waals surface area contributed by atoms with Crippen LogP contribution in [-0.2, 0) is 13.6 Å². The van der Waals surface area contributed by atoms with Crippen molar-refractivity contribution >= 4 is 13.4 Å². The molecule has 0 saturated heterocycles. The molecule has 1 aromatic heterocycles. The summed E-state index contributed by atoms with van der Waals surface area (Å²) in [5.41, 5.74) is 0.599. The van der Waals surface area contributed by atoms with Gasteiger partial charge in [-0.15, -0.1) is 0 Å². The third-order valence-electron chi connectivity index (χ3n) is 3.07. The second-order valence-electron chi connectivity index (χ2n) is 4.69. The van der Waals surface area contributed by atoms with Crippen LogP contribution >= 0.6 is 7.60 Å². The Morgan fingerprint density at radius 1 is 1.13 bits per heavy atom. The molecule has 1 atom stereocenters. The number of nitrogens with zero attached hydrogens (tertiary/aromatic N) is 1. The lowest BCUT2D eigenvalue weighted by Gasteiger charge is -2.27. The first kappa shape index (κ1) is 17.6. The zero-order valence-corrected chi connectivity index (χ0v) is 14.0. The zero-order valence-electron chi connectivity index (χ0n) is 13.1. The molecule has 1 aromatic carbocycles. The Balaban J connectivity index is 2.40. The summed E-state index contributed by atoms with van der Waals surface area (Å²) in [4.78, 5) is 4.18. The van der Waals surface area contributed by atoms with Crippen molar-refractivity contribution in [2.75, 3.05) is 18.5 Å². The summed E-state index contributed by atoms with van der Waals surface area (Å²) in [6, 6.07) is 11.1. The fraction of sp³-hybridized carbons (Fsp3) is 0.312. The van der Waals surface area contributed by atoms with Crippen molar-refractivity contribution in [2.24, 2.45) is 0 Å². The van der Waals surface area contributed by atoms with Gasteiger partial charge in [0, 0.05) is 6.20 Å². The fourth-order valence-corrected chi connectivity index (χ4v) is 4.04. The molecule has 7 heteroatoms. The van der Waals surface area contributed by atoms with Crippen LogP contribution in [0.5, 0.6) is 0 Å². The average Bonchev–Trinajstić information content (AvgIpc) is 2.55. The van der Waals surface area contributed by atoms with E-state index < -0.39 is 13.4 Å². The van der Waals surface area contributed by atoms with Crippen molar-refractivity contribution in [3.8, 4) is 0 Å². The number of anilines is 1. The van der Waals surface area contributed by atoms with Gasteiger partial charge in [-0.25, -0.2) is 9.37 Å². The Bertz CT molecular complexity index is 642. The standard InChI is InChI=1S/C16H20FN2O3P/c1-3-21-23(20,22-4-2)16(13-8-10-14(17)11-9-13)19-15-7-5-6-12-18-15/h5-12,16H,3-4H2,1-2H3,(H,18,19)/t16-/m1/s1. The Hall–Kier alpha value is -1.75. The first-order valence-electron chi connectivity index (χ1n) is 7.41. The third kappa shape index (κ3) is 4.61. The van der Waals surface area contributed by atoms with Crippen molar-refractivity contribution in [2.45, 2.75) is 19.6 Å². The molecule has 1 N–H and O–H groups in total. The number of aromatic nitrogens is 1. The van der Waals surface area contributed by atoms with Crippen LogP contribution in [0.4, 0.5) is 10.2 Å². The molecular weight excluding hydrogens is 318 g/mol. The lowest BCUT2D eigenvalue weighted by atomic mass is 10.2. The maximum atomic E-state index is 13.2. The summed E-state index contributed by atoms with van der Waals surface area (Å²) in [7, 11) is -3.51. The number of benzene rings is 1. The van der Waals surface area contributed by atoms with Gasteiger partial charge in [-0.2, -0.15) is 0 Å². The van der Waals surface area contributed by atoms with Gasteiger partial charge < -0.3 is 14.4 Å². The number of pyridine rings is 1. The van der Waals surface area contributed by atoms with E-state index in [0.29, 0.717) is 11.4 Å². The van der Waals surface area contributed by atoms with Gasteiger partial charge in [0.1, 0.15) is 11.6 Å². The van der Waals surface area contributed by atoms with Crippen LogP contribution in [0, 0.1) is 5.82 Å². The van der Waals surface area contributed by atoms with Crippen LogP contribution < -0.4 is 5.32 Å². The van der Waals surface area contributed by atoms with Crippen LogP contribution in [-0.4, -0.2) is 18.2 Å². The molecule has 0 spiro atoms. The minimum Gasteiger partial charge on any atom is -0.353 e. The molecule has 0 aliphatic rings. The molecule has 0 aliphatic carbocycles. The fourth-order valence-electron chi connectivity index (χ4n) is 2.12. The minimum atomic E-state index is -3.51. The first-order chi connectivity index (χ1) is 11.1. The highest BCUT2D eigenvalue weighted by Crippen LogP contribution is 2.60. The quantitative estimate of drug-likeness (QED) is 0.713. The van der Waals surface area contributed by atoms with Gasteiger partial charge in [-0.05, 0) is 43.7 Å². The minimum absolute atomic E-state index is 0.235. The molecular formula is C16H20FN2O3P. The van der Waals surface area contributed by atoms with E-state index in [1.54, 1.807) is 44.3 Å². The molecule has 0 unspecified atom stereocenters. The Morgan fingerprint density at radius 2 is 1.78 bits per heavy atom. The molecule has 124 valence electrons. The van der Waals surface area contributed by atoms with Crippen molar-refractivity contribution in [1.82, 2.24) is 4.98 Å². The summed E-state index contributed by atoms with van der Waals surface area (Å²) < 4.78 is 37.3. The highest BCUT2D eigenvalue weighted by atomic mass is 31.2. The van der Waals surface area contributed by atoms with Gasteiger partial charge in [0.2, 0.25) is 0 Å². The maximum Gasteiger partial charge on any atom is 0.357 e. The van der Waals surface area contributed by atoms with Crippen LogP contribution in [0.2, 0.25) is 0 Å². The number of hydrogen-bond acceptors (Lipinski definition) is 5. The highest BCUT2D eigenvalue weighted by Gasteiger charge is 2.37. The second kappa shape index (κ2) is 8.20. The van der Waals surface area contributed by atoms with Crippen molar-refractivity contribution in [1.29, 1.82) is 0 Å². The molecule has 1 heterocycles. The number of hydrogen-bond donors (Lipinski definition) is 1. The van der Waals surface area contributed by atoms with Crippen molar-refractivity contribution in [3.05, 3.63) is 60.0 Å². The van der Waals surface area contributed by atoms with Gasteiger partial charge in [0.25, 0.3) is 0 Å². The molecule has 0 saturated carbocycles. The van der Waals surface area contributed by atoms with E-state index in [1.165, 1.54) is 12.1 Å². The predicted molar refractivity (Wildman–Crippen MR) is 87.9 cm³/mol. The smallest absolute Gasteiger partial charge is 0.353 e.